The molecule has 1 fully saturated rings. The Balaban J connectivity index is 0.00000162. The van der Waals surface area contributed by atoms with E-state index in [4.69, 9.17) is 4.74 Å². The van der Waals surface area contributed by atoms with E-state index in [2.05, 4.69) is 42.3 Å². The molecular weight excluding hydrogens is 248 g/mol. The summed E-state index contributed by atoms with van der Waals surface area (Å²) in [7, 11) is 1.75. The van der Waals surface area contributed by atoms with E-state index in [1.165, 1.54) is 11.1 Å². The maximum atomic E-state index is 5.43. The Labute approximate surface area is 116 Å². The van der Waals surface area contributed by atoms with Gasteiger partial charge in [-0.1, -0.05) is 17.7 Å². The van der Waals surface area contributed by atoms with Crippen LogP contribution in [0.1, 0.15) is 18.1 Å². The highest BCUT2D eigenvalue weighted by Crippen LogP contribution is 2.22. The van der Waals surface area contributed by atoms with Crippen LogP contribution in [-0.4, -0.2) is 37.7 Å². The first kappa shape index (κ1) is 15.3. The Morgan fingerprint density at radius 2 is 2.22 bits per heavy atom. The van der Waals surface area contributed by atoms with Crippen molar-refractivity contribution in [2.45, 2.75) is 26.4 Å². The van der Waals surface area contributed by atoms with E-state index in [9.17, 15) is 0 Å². The van der Waals surface area contributed by atoms with Crippen LogP contribution in [-0.2, 0) is 6.54 Å². The molecule has 1 aliphatic rings. The molecule has 0 spiro atoms. The average molecular weight is 271 g/mol. The van der Waals surface area contributed by atoms with Gasteiger partial charge in [0.15, 0.2) is 0 Å². The topological polar surface area (TPSA) is 24.5 Å². The molecule has 1 heterocycles. The fourth-order valence-electron chi connectivity index (χ4n) is 2.37. The molecule has 4 heteroatoms. The number of benzene rings is 1. The van der Waals surface area contributed by atoms with Crippen molar-refractivity contribution in [3.63, 3.8) is 0 Å². The summed E-state index contributed by atoms with van der Waals surface area (Å²) in [5.74, 6) is 1.00. The maximum Gasteiger partial charge on any atom is 0.123 e. The van der Waals surface area contributed by atoms with Gasteiger partial charge in [-0.15, -0.1) is 12.4 Å². The molecule has 1 N–H and O–H groups in total. The van der Waals surface area contributed by atoms with E-state index in [0.29, 0.717) is 6.04 Å². The summed E-state index contributed by atoms with van der Waals surface area (Å²) in [4.78, 5) is 2.51. The molecule has 18 heavy (non-hydrogen) atoms. The normalized spacial score (nSPS) is 20.3. The van der Waals surface area contributed by atoms with E-state index in [-0.39, 0.29) is 12.4 Å². The summed E-state index contributed by atoms with van der Waals surface area (Å²) >= 11 is 0. The Morgan fingerprint density at radius 3 is 2.89 bits per heavy atom. The SMILES string of the molecule is COc1ccc(C)cc1CN1CCNCC1C.Cl. The molecule has 1 unspecified atom stereocenters. The zero-order valence-corrected chi connectivity index (χ0v) is 12.2. The lowest BCUT2D eigenvalue weighted by Gasteiger charge is -2.34. The number of halogens is 1. The van der Waals surface area contributed by atoms with Gasteiger partial charge in [-0.2, -0.15) is 0 Å². The molecule has 0 aromatic heterocycles. The van der Waals surface area contributed by atoms with Crippen LogP contribution in [0.15, 0.2) is 18.2 Å². The van der Waals surface area contributed by atoms with E-state index < -0.39 is 0 Å². The van der Waals surface area contributed by atoms with Gasteiger partial charge in [0.2, 0.25) is 0 Å². The number of piperazine rings is 1. The van der Waals surface area contributed by atoms with Crippen LogP contribution >= 0.6 is 12.4 Å². The molecule has 1 aromatic carbocycles. The number of nitrogens with one attached hydrogen (secondary N) is 1. The number of rotatable bonds is 3. The fourth-order valence-corrected chi connectivity index (χ4v) is 2.37. The van der Waals surface area contributed by atoms with E-state index in [1.54, 1.807) is 7.11 Å². The Bertz CT molecular complexity index is 384. The second-order valence-corrected chi connectivity index (χ2v) is 4.84. The van der Waals surface area contributed by atoms with Gasteiger partial charge in [0, 0.05) is 37.8 Å². The van der Waals surface area contributed by atoms with Crippen LogP contribution in [0.3, 0.4) is 0 Å². The van der Waals surface area contributed by atoms with Gasteiger partial charge in [-0.3, -0.25) is 4.90 Å². The molecule has 1 atom stereocenters. The number of hydrogen-bond acceptors (Lipinski definition) is 3. The second kappa shape index (κ2) is 6.98. The first-order chi connectivity index (χ1) is 8.20. The first-order valence-electron chi connectivity index (χ1n) is 6.29. The Hall–Kier alpha value is -0.770. The van der Waals surface area contributed by atoms with Crippen molar-refractivity contribution < 1.29 is 4.74 Å². The molecule has 1 aromatic rings. The zero-order chi connectivity index (χ0) is 12.3. The van der Waals surface area contributed by atoms with Crippen LogP contribution < -0.4 is 10.1 Å². The van der Waals surface area contributed by atoms with Crippen molar-refractivity contribution >= 4 is 12.4 Å². The highest BCUT2D eigenvalue weighted by molar-refractivity contribution is 5.85. The van der Waals surface area contributed by atoms with Gasteiger partial charge in [0.25, 0.3) is 0 Å². The highest BCUT2D eigenvalue weighted by Gasteiger charge is 2.19. The standard InChI is InChI=1S/C14H22N2O.ClH/c1-11-4-5-14(17-3)13(8-11)10-16-7-6-15-9-12(16)2;/h4-5,8,12,15H,6-7,9-10H2,1-3H3;1H. The second-order valence-electron chi connectivity index (χ2n) is 4.84. The summed E-state index contributed by atoms with van der Waals surface area (Å²) in [6.45, 7) is 8.65. The minimum absolute atomic E-state index is 0. The monoisotopic (exact) mass is 270 g/mol. The van der Waals surface area contributed by atoms with E-state index in [1.807, 2.05) is 0 Å². The Morgan fingerprint density at radius 1 is 1.44 bits per heavy atom. The minimum atomic E-state index is 0. The lowest BCUT2D eigenvalue weighted by atomic mass is 10.1. The Kier molecular flexibility index (Phi) is 5.93. The van der Waals surface area contributed by atoms with Crippen molar-refractivity contribution in [1.82, 2.24) is 10.2 Å². The lowest BCUT2D eigenvalue weighted by Crippen LogP contribution is -2.49. The molecule has 102 valence electrons. The van der Waals surface area contributed by atoms with Crippen LogP contribution in [0.25, 0.3) is 0 Å². The maximum absolute atomic E-state index is 5.43. The smallest absolute Gasteiger partial charge is 0.123 e. The van der Waals surface area contributed by atoms with E-state index in [0.717, 1.165) is 31.9 Å². The number of aryl methyl sites for hydroxylation is 1. The van der Waals surface area contributed by atoms with Crippen LogP contribution in [0.5, 0.6) is 5.75 Å². The third kappa shape index (κ3) is 3.61. The largest absolute Gasteiger partial charge is 0.496 e. The number of methoxy groups -OCH3 is 1. The summed E-state index contributed by atoms with van der Waals surface area (Å²) in [5.41, 5.74) is 2.59. The van der Waals surface area contributed by atoms with Crippen molar-refractivity contribution in [3.05, 3.63) is 29.3 Å². The fraction of sp³-hybridized carbons (Fsp3) is 0.571. The molecule has 1 aliphatic heterocycles. The summed E-state index contributed by atoms with van der Waals surface area (Å²) < 4.78 is 5.43. The van der Waals surface area contributed by atoms with Gasteiger partial charge in [0.05, 0.1) is 7.11 Å². The van der Waals surface area contributed by atoms with Crippen molar-refractivity contribution in [3.8, 4) is 5.75 Å². The van der Waals surface area contributed by atoms with Crippen LogP contribution in [0, 0.1) is 6.92 Å². The third-order valence-electron chi connectivity index (χ3n) is 3.45. The average Bonchev–Trinajstić information content (AvgIpc) is 2.32. The predicted molar refractivity (Wildman–Crippen MR) is 77.7 cm³/mol. The molecule has 1 saturated heterocycles. The lowest BCUT2D eigenvalue weighted by molar-refractivity contribution is 0.164. The molecular formula is C14H23ClN2O. The predicted octanol–water partition coefficient (Wildman–Crippen LogP) is 2.22. The van der Waals surface area contributed by atoms with Crippen LogP contribution in [0.2, 0.25) is 0 Å². The first-order valence-corrected chi connectivity index (χ1v) is 6.29. The molecule has 0 aliphatic carbocycles. The molecule has 0 bridgehead atoms. The highest BCUT2D eigenvalue weighted by atomic mass is 35.5. The minimum Gasteiger partial charge on any atom is -0.496 e. The number of hydrogen-bond donors (Lipinski definition) is 1. The van der Waals surface area contributed by atoms with Crippen LogP contribution in [0.4, 0.5) is 0 Å². The van der Waals surface area contributed by atoms with E-state index >= 15 is 0 Å². The zero-order valence-electron chi connectivity index (χ0n) is 11.4. The van der Waals surface area contributed by atoms with Gasteiger partial charge >= 0.3 is 0 Å². The van der Waals surface area contributed by atoms with Gasteiger partial charge in [-0.25, -0.2) is 0 Å². The molecule has 0 amide bonds. The number of ether oxygens (including phenoxy) is 1. The summed E-state index contributed by atoms with van der Waals surface area (Å²) in [6, 6.07) is 6.99. The number of nitrogens with zero attached hydrogens (tertiary/aromatic N) is 1. The summed E-state index contributed by atoms with van der Waals surface area (Å²) in [5, 5.41) is 3.42. The van der Waals surface area contributed by atoms with Gasteiger partial charge in [-0.05, 0) is 19.9 Å². The van der Waals surface area contributed by atoms with Crippen molar-refractivity contribution in [2.24, 2.45) is 0 Å². The molecule has 0 radical (unpaired) electrons. The van der Waals surface area contributed by atoms with Gasteiger partial charge < -0.3 is 10.1 Å². The molecule has 0 saturated carbocycles. The van der Waals surface area contributed by atoms with Crippen molar-refractivity contribution in [2.75, 3.05) is 26.7 Å². The quantitative estimate of drug-likeness (QED) is 0.912. The third-order valence-corrected chi connectivity index (χ3v) is 3.45. The molecule has 2 rings (SSSR count). The molecule has 3 nitrogen and oxygen atoms in total. The van der Waals surface area contributed by atoms with Crippen molar-refractivity contribution in [1.29, 1.82) is 0 Å². The summed E-state index contributed by atoms with van der Waals surface area (Å²) in [6.07, 6.45) is 0. The van der Waals surface area contributed by atoms with Gasteiger partial charge in [0.1, 0.15) is 5.75 Å².